The fraction of sp³-hybridized carbons (Fsp3) is 0.476. The quantitative estimate of drug-likeness (QED) is 0.466. The molecule has 32 heavy (non-hydrogen) atoms. The summed E-state index contributed by atoms with van der Waals surface area (Å²) >= 11 is 6.22. The molecule has 0 unspecified atom stereocenters. The first-order chi connectivity index (χ1) is 15.3. The molecule has 11 heteroatoms. The Labute approximate surface area is 195 Å². The number of carbonyl (C=O) groups excluding carboxylic acids is 1. The molecule has 3 rings (SSSR count). The van der Waals surface area contributed by atoms with Gasteiger partial charge in [0.05, 0.1) is 18.1 Å². The average Bonchev–Trinajstić information content (AvgIpc) is 3.02. The Morgan fingerprint density at radius 2 is 2.03 bits per heavy atom. The van der Waals surface area contributed by atoms with E-state index >= 15 is 0 Å². The number of rotatable bonds is 7. The lowest BCUT2D eigenvalue weighted by Gasteiger charge is -2.33. The highest BCUT2D eigenvalue weighted by molar-refractivity contribution is 8.26. The second-order valence-corrected chi connectivity index (χ2v) is 9.10. The molecule has 0 atom stereocenters. The number of carboxylic acid groups (broad SMARTS) is 1. The number of aromatic nitrogens is 1. The van der Waals surface area contributed by atoms with E-state index in [-0.39, 0.29) is 20.3 Å². The minimum atomic E-state index is -1.16. The zero-order valence-electron chi connectivity index (χ0n) is 17.9. The number of hydrogen-bond acceptors (Lipinski definition) is 8. The molecule has 0 radical (unpaired) electrons. The van der Waals surface area contributed by atoms with E-state index in [4.69, 9.17) is 22.1 Å². The van der Waals surface area contributed by atoms with Gasteiger partial charge in [-0.2, -0.15) is 5.26 Å². The van der Waals surface area contributed by atoms with Crippen LogP contribution in [0, 0.1) is 18.3 Å². The fourth-order valence-corrected chi connectivity index (χ4v) is 4.92. The highest BCUT2D eigenvalue weighted by Gasteiger charge is 2.34. The summed E-state index contributed by atoms with van der Waals surface area (Å²) in [5, 5.41) is 18.8. The maximum Gasteiger partial charge on any atom is 0.323 e. The Morgan fingerprint density at radius 1 is 1.34 bits per heavy atom. The van der Waals surface area contributed by atoms with Gasteiger partial charge < -0.3 is 14.7 Å². The summed E-state index contributed by atoms with van der Waals surface area (Å²) in [5.74, 6) is -1.01. The molecule has 1 N–H and O–H groups in total. The minimum Gasteiger partial charge on any atom is -0.480 e. The van der Waals surface area contributed by atoms with Gasteiger partial charge in [0.2, 0.25) is 0 Å². The van der Waals surface area contributed by atoms with E-state index < -0.39 is 18.4 Å². The third-order valence-corrected chi connectivity index (χ3v) is 6.71. The van der Waals surface area contributed by atoms with Crippen LogP contribution in [0.3, 0.4) is 0 Å². The number of nitriles is 1. The normalized spacial score (nSPS) is 17.8. The van der Waals surface area contributed by atoms with Gasteiger partial charge in [-0.25, -0.2) is 0 Å². The summed E-state index contributed by atoms with van der Waals surface area (Å²) in [4.78, 5) is 40.5. The number of carbonyl (C=O) groups is 2. The molecule has 9 nitrogen and oxygen atoms in total. The van der Waals surface area contributed by atoms with Crippen LogP contribution in [0.4, 0.5) is 5.82 Å². The van der Waals surface area contributed by atoms with Crippen molar-refractivity contribution in [1.82, 2.24) is 9.47 Å². The van der Waals surface area contributed by atoms with Gasteiger partial charge in [0.25, 0.3) is 11.5 Å². The summed E-state index contributed by atoms with van der Waals surface area (Å²) in [6, 6.07) is 2.02. The van der Waals surface area contributed by atoms with Gasteiger partial charge in [-0.3, -0.25) is 23.9 Å². The topological polar surface area (TPSA) is 116 Å². The Balaban J connectivity index is 2.21. The first-order valence-corrected chi connectivity index (χ1v) is 11.5. The van der Waals surface area contributed by atoms with Crippen LogP contribution in [0.2, 0.25) is 0 Å². The minimum absolute atomic E-state index is 0.0328. The Kier molecular flexibility index (Phi) is 7.71. The average molecular weight is 477 g/mol. The number of carboxylic acids is 1. The molecule has 0 spiro atoms. The van der Waals surface area contributed by atoms with Gasteiger partial charge in [-0.05, 0) is 25.0 Å². The number of amides is 1. The maximum atomic E-state index is 13.2. The van der Waals surface area contributed by atoms with Gasteiger partial charge in [0.1, 0.15) is 28.3 Å². The number of nitrogens with zero attached hydrogens (tertiary/aromatic N) is 4. The molecule has 0 bridgehead atoms. The van der Waals surface area contributed by atoms with Crippen LogP contribution in [0.5, 0.6) is 0 Å². The van der Waals surface area contributed by atoms with Gasteiger partial charge in [0.15, 0.2) is 0 Å². The van der Waals surface area contributed by atoms with Crippen molar-refractivity contribution >= 4 is 52.1 Å². The standard InChI is InChI=1S/C21H24N4O5S2/c1-3-4-5-24-18(23-6-8-30-9-7-23)14(13(2)15(11-22)19(24)28)10-16-20(29)25(12-17(26)27)21(31)32-16/h10H,3-9,12H2,1-2H3,(H,26,27). The van der Waals surface area contributed by atoms with Crippen LogP contribution in [0.25, 0.3) is 6.08 Å². The van der Waals surface area contributed by atoms with E-state index in [2.05, 4.69) is 0 Å². The Morgan fingerprint density at radius 3 is 2.62 bits per heavy atom. The molecule has 2 aliphatic rings. The van der Waals surface area contributed by atoms with E-state index in [1.54, 1.807) is 17.6 Å². The van der Waals surface area contributed by atoms with Gasteiger partial charge in [0, 0.05) is 25.2 Å². The van der Waals surface area contributed by atoms with Crippen molar-refractivity contribution < 1.29 is 19.4 Å². The summed E-state index contributed by atoms with van der Waals surface area (Å²) in [6.07, 6.45) is 3.25. The first kappa shape index (κ1) is 24.0. The van der Waals surface area contributed by atoms with Crippen LogP contribution >= 0.6 is 24.0 Å². The molecule has 1 aromatic heterocycles. The van der Waals surface area contributed by atoms with Crippen molar-refractivity contribution in [2.45, 2.75) is 33.2 Å². The monoisotopic (exact) mass is 476 g/mol. The number of thioether (sulfide) groups is 1. The SMILES string of the molecule is CCCCn1c(N2CCOCC2)c(C=C2SC(=S)N(CC(=O)O)C2=O)c(C)c(C#N)c1=O. The Hall–Kier alpha value is -2.68. The van der Waals surface area contributed by atoms with Gasteiger partial charge in [-0.1, -0.05) is 37.3 Å². The van der Waals surface area contributed by atoms with E-state index in [1.165, 1.54) is 0 Å². The van der Waals surface area contributed by atoms with E-state index in [0.29, 0.717) is 49.8 Å². The number of hydrogen-bond donors (Lipinski definition) is 1. The molecule has 2 fully saturated rings. The molecule has 0 aliphatic carbocycles. The largest absolute Gasteiger partial charge is 0.480 e. The second-order valence-electron chi connectivity index (χ2n) is 7.42. The highest BCUT2D eigenvalue weighted by atomic mass is 32.2. The van der Waals surface area contributed by atoms with E-state index in [0.717, 1.165) is 29.5 Å². The molecule has 2 saturated heterocycles. The molecule has 0 saturated carbocycles. The van der Waals surface area contributed by atoms with Crippen molar-refractivity contribution in [3.05, 3.63) is 31.9 Å². The zero-order valence-corrected chi connectivity index (χ0v) is 19.6. The smallest absolute Gasteiger partial charge is 0.323 e. The van der Waals surface area contributed by atoms with E-state index in [1.807, 2.05) is 17.9 Å². The lowest BCUT2D eigenvalue weighted by Crippen LogP contribution is -2.41. The molecule has 0 aromatic carbocycles. The summed E-state index contributed by atoms with van der Waals surface area (Å²) in [6.45, 7) is 5.78. The zero-order chi connectivity index (χ0) is 23.4. The number of thiocarbonyl (C=S) groups is 1. The lowest BCUT2D eigenvalue weighted by atomic mass is 10.0. The molecule has 170 valence electrons. The number of aliphatic carboxylic acids is 1. The van der Waals surface area contributed by atoms with Gasteiger partial charge in [-0.15, -0.1) is 0 Å². The fourth-order valence-electron chi connectivity index (χ4n) is 3.69. The van der Waals surface area contributed by atoms with Crippen molar-refractivity contribution in [3.8, 4) is 6.07 Å². The summed E-state index contributed by atoms with van der Waals surface area (Å²) in [5.41, 5.74) is 0.756. The number of pyridine rings is 1. The number of morpholine rings is 1. The number of unbranched alkanes of at least 4 members (excludes halogenated alkanes) is 1. The highest BCUT2D eigenvalue weighted by Crippen LogP contribution is 2.36. The molecule has 2 aliphatic heterocycles. The number of anilines is 1. The second kappa shape index (κ2) is 10.3. The van der Waals surface area contributed by atoms with Gasteiger partial charge >= 0.3 is 5.97 Å². The summed E-state index contributed by atoms with van der Waals surface area (Å²) < 4.78 is 7.25. The van der Waals surface area contributed by atoms with Crippen LogP contribution in [0.1, 0.15) is 36.5 Å². The first-order valence-electron chi connectivity index (χ1n) is 10.3. The summed E-state index contributed by atoms with van der Waals surface area (Å²) in [7, 11) is 0. The third-order valence-electron chi connectivity index (χ3n) is 5.33. The van der Waals surface area contributed by atoms with Crippen LogP contribution < -0.4 is 10.5 Å². The third kappa shape index (κ3) is 4.72. The van der Waals surface area contributed by atoms with Crippen LogP contribution in [0.15, 0.2) is 9.70 Å². The van der Waals surface area contributed by atoms with Crippen LogP contribution in [-0.4, -0.2) is 63.6 Å². The number of ether oxygens (including phenoxy) is 1. The molecular formula is C21H24N4O5S2. The Bertz CT molecular complexity index is 1080. The van der Waals surface area contributed by atoms with E-state index in [9.17, 15) is 19.6 Å². The van der Waals surface area contributed by atoms with Crippen molar-refractivity contribution in [1.29, 1.82) is 5.26 Å². The molecule has 1 amide bonds. The predicted octanol–water partition coefficient (Wildman–Crippen LogP) is 1.95. The lowest BCUT2D eigenvalue weighted by molar-refractivity contribution is -0.140. The molecule has 3 heterocycles. The van der Waals surface area contributed by atoms with Crippen LogP contribution in [-0.2, 0) is 20.9 Å². The van der Waals surface area contributed by atoms with Crippen molar-refractivity contribution in [2.24, 2.45) is 0 Å². The van der Waals surface area contributed by atoms with Crippen molar-refractivity contribution in [2.75, 3.05) is 37.7 Å². The molecular weight excluding hydrogens is 452 g/mol. The predicted molar refractivity (Wildman–Crippen MR) is 126 cm³/mol. The maximum absolute atomic E-state index is 13.2. The van der Waals surface area contributed by atoms with Crippen molar-refractivity contribution in [3.63, 3.8) is 0 Å². The molecule has 1 aromatic rings.